The minimum absolute atomic E-state index is 0. The second-order valence-corrected chi connectivity index (χ2v) is 5.09. The van der Waals surface area contributed by atoms with Crippen molar-refractivity contribution >= 4 is 18.3 Å². The van der Waals surface area contributed by atoms with Crippen LogP contribution in [-0.4, -0.2) is 38.8 Å². The number of methoxy groups -OCH3 is 2. The number of ether oxygens (including phenoxy) is 2. The molecule has 0 bridgehead atoms. The number of hydrogen-bond donors (Lipinski definition) is 2. The van der Waals surface area contributed by atoms with Gasteiger partial charge in [0, 0.05) is 12.1 Å². The van der Waals surface area contributed by atoms with Crippen molar-refractivity contribution in [2.24, 2.45) is 0 Å². The summed E-state index contributed by atoms with van der Waals surface area (Å²) < 4.78 is 10.5. The zero-order chi connectivity index (χ0) is 14.5. The van der Waals surface area contributed by atoms with E-state index in [0.29, 0.717) is 23.1 Å². The van der Waals surface area contributed by atoms with Gasteiger partial charge in [0.05, 0.1) is 19.8 Å². The Labute approximate surface area is 131 Å². The molecule has 5 nitrogen and oxygen atoms in total. The van der Waals surface area contributed by atoms with E-state index in [1.807, 2.05) is 0 Å². The van der Waals surface area contributed by atoms with E-state index in [0.717, 1.165) is 19.4 Å². The lowest BCUT2D eigenvalue weighted by atomic mass is 10.00. The summed E-state index contributed by atoms with van der Waals surface area (Å²) in [6, 6.07) is 5.96. The minimum Gasteiger partial charge on any atom is -0.493 e. The molecular formula is C15H23ClN2O3. The van der Waals surface area contributed by atoms with E-state index in [1.54, 1.807) is 32.4 Å². The Morgan fingerprint density at radius 2 is 2.10 bits per heavy atom. The number of rotatable bonds is 4. The molecule has 21 heavy (non-hydrogen) atoms. The summed E-state index contributed by atoms with van der Waals surface area (Å²) in [4.78, 5) is 12.4. The molecule has 1 aromatic carbocycles. The monoisotopic (exact) mass is 314 g/mol. The van der Waals surface area contributed by atoms with E-state index in [2.05, 4.69) is 17.6 Å². The third-order valence-electron chi connectivity index (χ3n) is 3.61. The maximum absolute atomic E-state index is 12.4. The number of piperidine rings is 1. The summed E-state index contributed by atoms with van der Waals surface area (Å²) >= 11 is 0. The Hall–Kier alpha value is -1.46. The quantitative estimate of drug-likeness (QED) is 0.892. The lowest BCUT2D eigenvalue weighted by Crippen LogP contribution is -2.46. The average molecular weight is 315 g/mol. The highest BCUT2D eigenvalue weighted by atomic mass is 35.5. The van der Waals surface area contributed by atoms with E-state index >= 15 is 0 Å². The highest BCUT2D eigenvalue weighted by Gasteiger charge is 2.23. The fourth-order valence-corrected chi connectivity index (χ4v) is 2.59. The zero-order valence-corrected chi connectivity index (χ0v) is 13.5. The second-order valence-electron chi connectivity index (χ2n) is 5.09. The predicted octanol–water partition coefficient (Wildman–Crippen LogP) is 2.00. The van der Waals surface area contributed by atoms with Crippen molar-refractivity contribution in [2.45, 2.75) is 31.8 Å². The van der Waals surface area contributed by atoms with Gasteiger partial charge in [-0.1, -0.05) is 6.07 Å². The number of halogens is 1. The molecule has 1 aliphatic heterocycles. The Morgan fingerprint density at radius 1 is 1.33 bits per heavy atom. The molecule has 2 atom stereocenters. The molecule has 1 aromatic rings. The van der Waals surface area contributed by atoms with Crippen LogP contribution in [0.25, 0.3) is 0 Å². The molecule has 0 saturated carbocycles. The average Bonchev–Trinajstić information content (AvgIpc) is 2.46. The van der Waals surface area contributed by atoms with E-state index in [1.165, 1.54) is 0 Å². The van der Waals surface area contributed by atoms with Crippen molar-refractivity contribution in [1.82, 2.24) is 10.6 Å². The summed E-state index contributed by atoms with van der Waals surface area (Å²) in [5.74, 6) is 0.938. The van der Waals surface area contributed by atoms with Crippen LogP contribution in [0.3, 0.4) is 0 Å². The molecule has 6 heteroatoms. The predicted molar refractivity (Wildman–Crippen MR) is 84.7 cm³/mol. The molecule has 2 unspecified atom stereocenters. The molecule has 0 radical (unpaired) electrons. The van der Waals surface area contributed by atoms with E-state index in [-0.39, 0.29) is 24.4 Å². The Balaban J connectivity index is 0.00000220. The summed E-state index contributed by atoms with van der Waals surface area (Å²) in [6.45, 7) is 3.06. The number of benzene rings is 1. The van der Waals surface area contributed by atoms with Crippen molar-refractivity contribution in [3.05, 3.63) is 23.8 Å². The number of carbonyl (C=O) groups is 1. The highest BCUT2D eigenvalue weighted by molar-refractivity contribution is 5.98. The number of amides is 1. The molecule has 0 aliphatic carbocycles. The van der Waals surface area contributed by atoms with Crippen LogP contribution in [-0.2, 0) is 0 Å². The van der Waals surface area contributed by atoms with Gasteiger partial charge in [-0.3, -0.25) is 4.79 Å². The topological polar surface area (TPSA) is 59.6 Å². The Bertz CT molecular complexity index is 482. The molecule has 0 spiro atoms. The van der Waals surface area contributed by atoms with Gasteiger partial charge in [0.1, 0.15) is 0 Å². The highest BCUT2D eigenvalue weighted by Crippen LogP contribution is 2.30. The lowest BCUT2D eigenvalue weighted by molar-refractivity contribution is 0.0922. The Morgan fingerprint density at radius 3 is 2.71 bits per heavy atom. The molecule has 1 aliphatic rings. The van der Waals surface area contributed by atoms with Crippen LogP contribution in [0.2, 0.25) is 0 Å². The van der Waals surface area contributed by atoms with Gasteiger partial charge in [-0.15, -0.1) is 12.4 Å². The Kier molecular flexibility index (Phi) is 6.78. The maximum atomic E-state index is 12.4. The third kappa shape index (κ3) is 4.25. The first-order valence-electron chi connectivity index (χ1n) is 6.91. The molecule has 2 rings (SSSR count). The first-order valence-corrected chi connectivity index (χ1v) is 6.91. The molecule has 1 saturated heterocycles. The molecule has 2 N–H and O–H groups in total. The standard InChI is InChI=1S/C15H22N2O3.ClH/c1-10-9-11(7-8-16-10)17-15(18)12-5-4-6-13(19-2)14(12)20-3;/h4-6,10-11,16H,7-9H2,1-3H3,(H,17,18);1H. The van der Waals surface area contributed by atoms with Crippen molar-refractivity contribution in [1.29, 1.82) is 0 Å². The second kappa shape index (κ2) is 8.10. The van der Waals surface area contributed by atoms with E-state index in [9.17, 15) is 4.79 Å². The van der Waals surface area contributed by atoms with E-state index in [4.69, 9.17) is 9.47 Å². The van der Waals surface area contributed by atoms with Gasteiger partial charge < -0.3 is 20.1 Å². The molecule has 118 valence electrons. The third-order valence-corrected chi connectivity index (χ3v) is 3.61. The van der Waals surface area contributed by atoms with Crippen LogP contribution in [0.15, 0.2) is 18.2 Å². The fraction of sp³-hybridized carbons (Fsp3) is 0.533. The maximum Gasteiger partial charge on any atom is 0.255 e. The van der Waals surface area contributed by atoms with Crippen molar-refractivity contribution < 1.29 is 14.3 Å². The van der Waals surface area contributed by atoms with E-state index < -0.39 is 0 Å². The van der Waals surface area contributed by atoms with Gasteiger partial charge in [-0.2, -0.15) is 0 Å². The summed E-state index contributed by atoms with van der Waals surface area (Å²) in [5, 5.41) is 6.45. The smallest absolute Gasteiger partial charge is 0.255 e. The van der Waals surface area contributed by atoms with Gasteiger partial charge in [0.25, 0.3) is 5.91 Å². The first kappa shape index (κ1) is 17.6. The zero-order valence-electron chi connectivity index (χ0n) is 12.6. The molecule has 1 fully saturated rings. The van der Waals surface area contributed by atoms with Crippen LogP contribution in [0.5, 0.6) is 11.5 Å². The normalized spacial score (nSPS) is 21.1. The van der Waals surface area contributed by atoms with Crippen molar-refractivity contribution in [3.8, 4) is 11.5 Å². The SMILES string of the molecule is COc1cccc(C(=O)NC2CCNC(C)C2)c1OC.Cl. The van der Waals surface area contributed by atoms with Crippen LogP contribution in [0, 0.1) is 0 Å². The number of hydrogen-bond acceptors (Lipinski definition) is 4. The van der Waals surface area contributed by atoms with Gasteiger partial charge >= 0.3 is 0 Å². The summed E-state index contributed by atoms with van der Waals surface area (Å²) in [6.07, 6.45) is 1.89. The fourth-order valence-electron chi connectivity index (χ4n) is 2.59. The van der Waals surface area contributed by atoms with Gasteiger partial charge in [-0.25, -0.2) is 0 Å². The molecule has 0 aromatic heterocycles. The van der Waals surface area contributed by atoms with Gasteiger partial charge in [0.15, 0.2) is 11.5 Å². The number of para-hydroxylation sites is 1. The van der Waals surface area contributed by atoms with Crippen molar-refractivity contribution in [3.63, 3.8) is 0 Å². The molecule has 1 heterocycles. The summed E-state index contributed by atoms with van der Waals surface area (Å²) in [5.41, 5.74) is 0.512. The van der Waals surface area contributed by atoms with Crippen LogP contribution >= 0.6 is 12.4 Å². The number of nitrogens with one attached hydrogen (secondary N) is 2. The summed E-state index contributed by atoms with van der Waals surface area (Å²) in [7, 11) is 3.11. The van der Waals surface area contributed by atoms with Crippen LogP contribution in [0.1, 0.15) is 30.1 Å². The molecular weight excluding hydrogens is 292 g/mol. The van der Waals surface area contributed by atoms with Crippen molar-refractivity contribution in [2.75, 3.05) is 20.8 Å². The van der Waals surface area contributed by atoms with Gasteiger partial charge in [-0.05, 0) is 38.4 Å². The van der Waals surface area contributed by atoms with Gasteiger partial charge in [0.2, 0.25) is 0 Å². The van der Waals surface area contributed by atoms with Crippen LogP contribution in [0.4, 0.5) is 0 Å². The number of carbonyl (C=O) groups excluding carboxylic acids is 1. The molecule has 1 amide bonds. The largest absolute Gasteiger partial charge is 0.493 e. The minimum atomic E-state index is -0.111. The van der Waals surface area contributed by atoms with Crippen LogP contribution < -0.4 is 20.1 Å². The lowest BCUT2D eigenvalue weighted by Gasteiger charge is -2.28. The first-order chi connectivity index (χ1) is 9.65.